The Bertz CT molecular complexity index is 1120. The van der Waals surface area contributed by atoms with Crippen LogP contribution in [0, 0.1) is 0 Å². The van der Waals surface area contributed by atoms with Crippen molar-refractivity contribution < 1.29 is 32.2 Å². The number of amides is 2. The van der Waals surface area contributed by atoms with Gasteiger partial charge in [-0.25, -0.2) is 8.42 Å². The zero-order valence-electron chi connectivity index (χ0n) is 20.9. The van der Waals surface area contributed by atoms with Crippen LogP contribution < -0.4 is 23.8 Å². The largest absolute Gasteiger partial charge is 0.497 e. The van der Waals surface area contributed by atoms with Crippen molar-refractivity contribution in [3.05, 3.63) is 48.0 Å². The van der Waals surface area contributed by atoms with Crippen LogP contribution in [0.15, 0.2) is 42.5 Å². The molecule has 2 amide bonds. The van der Waals surface area contributed by atoms with Gasteiger partial charge in [0.15, 0.2) is 11.5 Å². The summed E-state index contributed by atoms with van der Waals surface area (Å²) in [7, 11) is 0.595. The first kappa shape index (κ1) is 27.8. The van der Waals surface area contributed by atoms with Crippen molar-refractivity contribution >= 4 is 27.5 Å². The zero-order chi connectivity index (χ0) is 26.2. The smallest absolute Gasteiger partial charge is 0.244 e. The number of carbonyl (C=O) groups is 2. The summed E-state index contributed by atoms with van der Waals surface area (Å²) in [6.07, 6.45) is 1.01. The normalized spacial score (nSPS) is 11.8. The van der Waals surface area contributed by atoms with E-state index in [0.29, 0.717) is 23.8 Å². The quantitative estimate of drug-likeness (QED) is 0.468. The van der Waals surface area contributed by atoms with Crippen molar-refractivity contribution in [2.45, 2.75) is 26.4 Å². The number of benzene rings is 2. The number of hydrogen-bond donors (Lipinski definition) is 1. The Balaban J connectivity index is 2.42. The number of methoxy groups -OCH3 is 3. The highest BCUT2D eigenvalue weighted by molar-refractivity contribution is 7.92. The molecule has 0 aliphatic carbocycles. The third-order valence-corrected chi connectivity index (χ3v) is 6.51. The van der Waals surface area contributed by atoms with E-state index in [1.54, 1.807) is 51.3 Å². The first-order valence-corrected chi connectivity index (χ1v) is 12.8. The number of rotatable bonds is 12. The Labute approximate surface area is 206 Å². The van der Waals surface area contributed by atoms with E-state index < -0.39 is 28.5 Å². The molecule has 2 aromatic carbocycles. The van der Waals surface area contributed by atoms with Crippen LogP contribution in [0.25, 0.3) is 0 Å². The number of nitrogens with one attached hydrogen (secondary N) is 1. The van der Waals surface area contributed by atoms with Crippen molar-refractivity contribution in [3.63, 3.8) is 0 Å². The van der Waals surface area contributed by atoms with Gasteiger partial charge in [0.25, 0.3) is 0 Å². The molecule has 11 heteroatoms. The lowest BCUT2D eigenvalue weighted by molar-refractivity contribution is -0.139. The maximum Gasteiger partial charge on any atom is 0.244 e. The summed E-state index contributed by atoms with van der Waals surface area (Å²) < 4.78 is 42.0. The van der Waals surface area contributed by atoms with Crippen LogP contribution in [0.4, 0.5) is 5.69 Å². The molecule has 0 unspecified atom stereocenters. The number of likely N-dealkylation sites (N-methyl/N-ethyl adjacent to an activating group) is 1. The van der Waals surface area contributed by atoms with Crippen LogP contribution in [-0.4, -0.2) is 71.8 Å². The summed E-state index contributed by atoms with van der Waals surface area (Å²) in [4.78, 5) is 27.4. The van der Waals surface area contributed by atoms with Crippen LogP contribution in [0.2, 0.25) is 0 Å². The lowest BCUT2D eigenvalue weighted by atomic mass is 10.1. The average Bonchev–Trinajstić information content (AvgIpc) is 2.84. The molecule has 0 spiro atoms. The lowest BCUT2D eigenvalue weighted by Gasteiger charge is -2.31. The molecular weight excluding hydrogens is 474 g/mol. The van der Waals surface area contributed by atoms with Crippen molar-refractivity contribution in [3.8, 4) is 17.2 Å². The monoisotopic (exact) mass is 507 g/mol. The number of carbonyl (C=O) groups excluding carboxylic acids is 2. The Morgan fingerprint density at radius 1 is 0.971 bits per heavy atom. The summed E-state index contributed by atoms with van der Waals surface area (Å²) in [5, 5.41) is 2.71. The van der Waals surface area contributed by atoms with Crippen LogP contribution in [0.5, 0.6) is 17.2 Å². The van der Waals surface area contributed by atoms with Gasteiger partial charge in [0, 0.05) is 19.2 Å². The topological polar surface area (TPSA) is 114 Å². The molecule has 0 heterocycles. The fraction of sp³-hybridized carbons (Fsp3) is 0.417. The molecule has 35 heavy (non-hydrogen) atoms. The maximum atomic E-state index is 13.5. The fourth-order valence-electron chi connectivity index (χ4n) is 3.43. The molecule has 0 aromatic heterocycles. The van der Waals surface area contributed by atoms with Crippen LogP contribution >= 0.6 is 0 Å². The number of ether oxygens (including phenoxy) is 3. The molecule has 0 saturated heterocycles. The second kappa shape index (κ2) is 12.3. The second-order valence-electron chi connectivity index (χ2n) is 7.75. The van der Waals surface area contributed by atoms with Crippen LogP contribution in [0.1, 0.15) is 19.4 Å². The second-order valence-corrected chi connectivity index (χ2v) is 9.66. The van der Waals surface area contributed by atoms with Gasteiger partial charge in [-0.15, -0.1) is 0 Å². The molecule has 0 aliphatic rings. The minimum atomic E-state index is -3.86. The standard InChI is InChI=1S/C24H33N3O7S/c1-7-25-24(29)17(2)26(15-18-8-11-20(32-3)12-9-18)23(28)16-27(35(6,30)31)19-10-13-21(33-4)22(14-19)34-5/h8-14,17H,7,15-16H2,1-6H3,(H,25,29)/t17-/m0/s1. The number of anilines is 1. The Morgan fingerprint density at radius 2 is 1.60 bits per heavy atom. The molecule has 1 N–H and O–H groups in total. The molecule has 0 bridgehead atoms. The molecule has 2 aromatic rings. The predicted molar refractivity (Wildman–Crippen MR) is 133 cm³/mol. The van der Waals surface area contributed by atoms with Crippen LogP contribution in [0.3, 0.4) is 0 Å². The van der Waals surface area contributed by atoms with E-state index in [-0.39, 0.29) is 18.1 Å². The van der Waals surface area contributed by atoms with Gasteiger partial charge < -0.3 is 24.4 Å². The van der Waals surface area contributed by atoms with E-state index in [0.717, 1.165) is 16.1 Å². The van der Waals surface area contributed by atoms with Crippen molar-refractivity contribution in [1.29, 1.82) is 0 Å². The van der Waals surface area contributed by atoms with Gasteiger partial charge in [0.05, 0.1) is 33.3 Å². The number of hydrogen-bond acceptors (Lipinski definition) is 7. The van der Waals surface area contributed by atoms with Crippen molar-refractivity contribution in [1.82, 2.24) is 10.2 Å². The molecule has 0 radical (unpaired) electrons. The van der Waals surface area contributed by atoms with Crippen molar-refractivity contribution in [2.24, 2.45) is 0 Å². The minimum Gasteiger partial charge on any atom is -0.497 e. The SMILES string of the molecule is CCNC(=O)[C@H](C)N(Cc1ccc(OC)cc1)C(=O)CN(c1ccc(OC)c(OC)c1)S(C)(=O)=O. The molecule has 0 fully saturated rings. The van der Waals surface area contributed by atoms with Crippen LogP contribution in [-0.2, 0) is 26.2 Å². The first-order chi connectivity index (χ1) is 16.5. The van der Waals surface area contributed by atoms with E-state index >= 15 is 0 Å². The number of nitrogens with zero attached hydrogens (tertiary/aromatic N) is 2. The Morgan fingerprint density at radius 3 is 2.11 bits per heavy atom. The third kappa shape index (κ3) is 7.25. The summed E-state index contributed by atoms with van der Waals surface area (Å²) in [5.41, 5.74) is 0.987. The highest BCUT2D eigenvalue weighted by Crippen LogP contribution is 2.32. The molecular formula is C24H33N3O7S. The third-order valence-electron chi connectivity index (χ3n) is 5.36. The molecule has 1 atom stereocenters. The summed E-state index contributed by atoms with van der Waals surface area (Å²) in [6, 6.07) is 10.8. The van der Waals surface area contributed by atoms with Gasteiger partial charge in [0.2, 0.25) is 21.8 Å². The Hall–Kier alpha value is -3.47. The molecule has 0 saturated carbocycles. The highest BCUT2D eigenvalue weighted by Gasteiger charge is 2.30. The van der Waals surface area contributed by atoms with E-state index in [9.17, 15) is 18.0 Å². The molecule has 10 nitrogen and oxygen atoms in total. The highest BCUT2D eigenvalue weighted by atomic mass is 32.2. The van der Waals surface area contributed by atoms with Gasteiger partial charge in [-0.1, -0.05) is 12.1 Å². The van der Waals surface area contributed by atoms with E-state index in [2.05, 4.69) is 5.32 Å². The van der Waals surface area contributed by atoms with Gasteiger partial charge in [-0.05, 0) is 43.7 Å². The van der Waals surface area contributed by atoms with E-state index in [1.807, 2.05) is 0 Å². The zero-order valence-corrected chi connectivity index (χ0v) is 21.7. The lowest BCUT2D eigenvalue weighted by Crippen LogP contribution is -2.51. The van der Waals surface area contributed by atoms with Gasteiger partial charge in [0.1, 0.15) is 18.3 Å². The van der Waals surface area contributed by atoms with Gasteiger partial charge in [-0.3, -0.25) is 13.9 Å². The summed E-state index contributed by atoms with van der Waals surface area (Å²) in [5.74, 6) is 0.505. The Kier molecular flexibility index (Phi) is 9.76. The number of sulfonamides is 1. The summed E-state index contributed by atoms with van der Waals surface area (Å²) in [6.45, 7) is 3.38. The molecule has 0 aliphatic heterocycles. The van der Waals surface area contributed by atoms with E-state index in [1.165, 1.54) is 31.3 Å². The molecule has 192 valence electrons. The van der Waals surface area contributed by atoms with Crippen molar-refractivity contribution in [2.75, 3.05) is 45.0 Å². The summed E-state index contributed by atoms with van der Waals surface area (Å²) >= 11 is 0. The maximum absolute atomic E-state index is 13.5. The fourth-order valence-corrected chi connectivity index (χ4v) is 4.27. The van der Waals surface area contributed by atoms with Gasteiger partial charge in [-0.2, -0.15) is 0 Å². The predicted octanol–water partition coefficient (Wildman–Crippen LogP) is 2.03. The van der Waals surface area contributed by atoms with Gasteiger partial charge >= 0.3 is 0 Å². The molecule has 2 rings (SSSR count). The van der Waals surface area contributed by atoms with E-state index in [4.69, 9.17) is 14.2 Å². The average molecular weight is 508 g/mol. The minimum absolute atomic E-state index is 0.102. The first-order valence-electron chi connectivity index (χ1n) is 11.0.